The molecule has 0 aliphatic carbocycles. The lowest BCUT2D eigenvalue weighted by Crippen LogP contribution is -2.08. The summed E-state index contributed by atoms with van der Waals surface area (Å²) in [5, 5.41) is 1.02. The fourth-order valence-electron chi connectivity index (χ4n) is 2.44. The Balaban J connectivity index is 2.29. The van der Waals surface area contributed by atoms with Crippen LogP contribution in [0.4, 0.5) is 0 Å². The highest BCUT2D eigenvalue weighted by Gasteiger charge is 2.15. The number of carbonyl (C=O) groups excluding carboxylic acids is 1. The monoisotopic (exact) mass is 298 g/mol. The minimum Gasteiger partial charge on any atom is -0.465 e. The number of hydrogen-bond donors (Lipinski definition) is 0. The van der Waals surface area contributed by atoms with Gasteiger partial charge in [0.2, 0.25) is 0 Å². The summed E-state index contributed by atoms with van der Waals surface area (Å²) >= 11 is 0. The van der Waals surface area contributed by atoms with Crippen molar-refractivity contribution in [3.8, 4) is 11.8 Å². The Bertz CT molecular complexity index is 851. The normalized spacial score (nSPS) is 14.0. The number of esters is 1. The molecule has 5 nitrogen and oxygen atoms in total. The van der Waals surface area contributed by atoms with Gasteiger partial charge < -0.3 is 13.9 Å². The predicted molar refractivity (Wildman–Crippen MR) is 79.8 cm³/mol. The molecule has 1 aromatic carbocycles. The van der Waals surface area contributed by atoms with Gasteiger partial charge in [-0.05, 0) is 24.6 Å². The third kappa shape index (κ3) is 2.61. The molecule has 3 rings (SSSR count). The maximum Gasteiger partial charge on any atom is 0.343 e. The van der Waals surface area contributed by atoms with E-state index in [1.165, 1.54) is 7.11 Å². The lowest BCUT2D eigenvalue weighted by atomic mass is 10.0. The van der Waals surface area contributed by atoms with Crippen LogP contribution >= 0.6 is 0 Å². The Morgan fingerprint density at radius 2 is 2.18 bits per heavy atom. The molecular formula is C17H14O5. The molecule has 0 amide bonds. The zero-order valence-corrected chi connectivity index (χ0v) is 12.1. The summed E-state index contributed by atoms with van der Waals surface area (Å²) in [5.74, 6) is 5.99. The molecule has 2 aromatic rings. The summed E-state index contributed by atoms with van der Waals surface area (Å²) in [6.45, 7) is 0.898. The molecule has 0 saturated heterocycles. The summed E-state index contributed by atoms with van der Waals surface area (Å²) in [7, 11) is 1.32. The Morgan fingerprint density at radius 3 is 3.00 bits per heavy atom. The van der Waals surface area contributed by atoms with Gasteiger partial charge in [0.05, 0.1) is 23.6 Å². The number of benzene rings is 1. The highest BCUT2D eigenvalue weighted by Crippen LogP contribution is 2.22. The Kier molecular flexibility index (Phi) is 3.94. The summed E-state index contributed by atoms with van der Waals surface area (Å²) in [4.78, 5) is 23.8. The lowest BCUT2D eigenvalue weighted by Gasteiger charge is -2.07. The molecule has 0 unspecified atom stereocenters. The van der Waals surface area contributed by atoms with Crippen LogP contribution in [-0.4, -0.2) is 26.3 Å². The lowest BCUT2D eigenvalue weighted by molar-refractivity contribution is 0.0601. The summed E-state index contributed by atoms with van der Waals surface area (Å²) in [6.07, 6.45) is 1.30. The molecule has 0 saturated carbocycles. The molecular weight excluding hydrogens is 284 g/mol. The van der Waals surface area contributed by atoms with Gasteiger partial charge in [-0.3, -0.25) is 0 Å². The van der Waals surface area contributed by atoms with E-state index < -0.39 is 11.6 Å². The number of hydrogen-bond acceptors (Lipinski definition) is 5. The molecule has 0 atom stereocenters. The first-order valence-corrected chi connectivity index (χ1v) is 6.95. The fraction of sp³-hybridized carbons (Fsp3) is 0.294. The van der Waals surface area contributed by atoms with Gasteiger partial charge in [0.15, 0.2) is 0 Å². The third-order valence-corrected chi connectivity index (χ3v) is 3.50. The average molecular weight is 298 g/mol. The van der Waals surface area contributed by atoms with Crippen LogP contribution in [0.25, 0.3) is 10.8 Å². The summed E-state index contributed by atoms with van der Waals surface area (Å²) in [5.41, 5.74) is 0.596. The van der Waals surface area contributed by atoms with E-state index in [0.29, 0.717) is 47.3 Å². The molecule has 1 aliphatic rings. The smallest absolute Gasteiger partial charge is 0.343 e. The average Bonchev–Trinajstić information content (AvgIpc) is 2.65. The minimum atomic E-state index is -0.455. The number of ether oxygens (including phenoxy) is 2. The van der Waals surface area contributed by atoms with Gasteiger partial charge in [-0.1, -0.05) is 11.8 Å². The number of aryl methyl sites for hydroxylation is 1. The zero-order valence-electron chi connectivity index (χ0n) is 12.1. The van der Waals surface area contributed by atoms with E-state index in [1.54, 1.807) is 18.2 Å². The van der Waals surface area contributed by atoms with E-state index in [9.17, 15) is 9.59 Å². The number of rotatable bonds is 1. The summed E-state index contributed by atoms with van der Waals surface area (Å²) < 4.78 is 15.5. The first-order chi connectivity index (χ1) is 10.7. The fourth-order valence-corrected chi connectivity index (χ4v) is 2.44. The van der Waals surface area contributed by atoms with E-state index in [0.717, 1.165) is 6.42 Å². The number of methoxy groups -OCH3 is 1. The Hall–Kier alpha value is -2.58. The van der Waals surface area contributed by atoms with Gasteiger partial charge in [0.25, 0.3) is 0 Å². The van der Waals surface area contributed by atoms with E-state index in [-0.39, 0.29) is 0 Å². The number of fused-ring (bicyclic) bond motifs is 3. The molecule has 0 radical (unpaired) electrons. The van der Waals surface area contributed by atoms with E-state index in [1.807, 2.05) is 0 Å². The molecule has 2 heterocycles. The van der Waals surface area contributed by atoms with E-state index in [4.69, 9.17) is 13.9 Å². The molecule has 0 spiro atoms. The van der Waals surface area contributed by atoms with E-state index >= 15 is 0 Å². The standard InChI is InChI=1S/C17H14O5/c1-20-16(18)11-6-7-13-14(10-11)12-4-2-8-21-9-3-5-15(12)22-17(13)19/h6-7,10H,3,5,8-9H2,1H3. The second kappa shape index (κ2) is 6.04. The van der Waals surface area contributed by atoms with Crippen molar-refractivity contribution in [3.63, 3.8) is 0 Å². The van der Waals surface area contributed by atoms with Crippen molar-refractivity contribution in [3.05, 3.63) is 45.5 Å². The molecule has 0 fully saturated rings. The van der Waals surface area contributed by atoms with Crippen molar-refractivity contribution in [2.75, 3.05) is 20.3 Å². The predicted octanol–water partition coefficient (Wildman–Crippen LogP) is 1.89. The Morgan fingerprint density at radius 1 is 1.32 bits per heavy atom. The maximum absolute atomic E-state index is 12.1. The van der Waals surface area contributed by atoms with Crippen molar-refractivity contribution in [1.29, 1.82) is 0 Å². The molecule has 1 aliphatic heterocycles. The van der Waals surface area contributed by atoms with Gasteiger partial charge in [-0.2, -0.15) is 0 Å². The van der Waals surface area contributed by atoms with Gasteiger partial charge in [0, 0.05) is 18.4 Å². The van der Waals surface area contributed by atoms with Crippen LogP contribution in [0.1, 0.15) is 28.1 Å². The second-order valence-corrected chi connectivity index (χ2v) is 4.90. The zero-order chi connectivity index (χ0) is 15.5. The van der Waals surface area contributed by atoms with E-state index in [2.05, 4.69) is 11.8 Å². The number of carbonyl (C=O) groups is 1. The first kappa shape index (κ1) is 14.4. The highest BCUT2D eigenvalue weighted by molar-refractivity contribution is 5.97. The summed E-state index contributed by atoms with van der Waals surface area (Å²) in [6, 6.07) is 4.74. The molecule has 1 aromatic heterocycles. The molecule has 22 heavy (non-hydrogen) atoms. The SMILES string of the molecule is COC(=O)c1ccc2c(=O)oc3c(c2c1)C#CCOCCC3. The second-order valence-electron chi connectivity index (χ2n) is 4.90. The third-order valence-electron chi connectivity index (χ3n) is 3.50. The quantitative estimate of drug-likeness (QED) is 0.594. The van der Waals surface area contributed by atoms with Crippen LogP contribution in [-0.2, 0) is 15.9 Å². The van der Waals surface area contributed by atoms with Crippen LogP contribution in [0.5, 0.6) is 0 Å². The molecule has 0 N–H and O–H groups in total. The van der Waals surface area contributed by atoms with Gasteiger partial charge in [-0.15, -0.1) is 0 Å². The van der Waals surface area contributed by atoms with Crippen molar-refractivity contribution in [2.24, 2.45) is 0 Å². The van der Waals surface area contributed by atoms with Crippen molar-refractivity contribution in [2.45, 2.75) is 12.8 Å². The van der Waals surface area contributed by atoms with Crippen LogP contribution in [0, 0.1) is 11.8 Å². The van der Waals surface area contributed by atoms with Crippen LogP contribution < -0.4 is 5.63 Å². The van der Waals surface area contributed by atoms with Gasteiger partial charge in [-0.25, -0.2) is 9.59 Å². The van der Waals surface area contributed by atoms with Crippen LogP contribution in [0.3, 0.4) is 0 Å². The van der Waals surface area contributed by atoms with Crippen LogP contribution in [0.2, 0.25) is 0 Å². The topological polar surface area (TPSA) is 65.7 Å². The van der Waals surface area contributed by atoms with Crippen molar-refractivity contribution < 1.29 is 18.7 Å². The Labute approximate surface area is 126 Å². The largest absolute Gasteiger partial charge is 0.465 e. The van der Waals surface area contributed by atoms with Crippen LogP contribution in [0.15, 0.2) is 27.4 Å². The van der Waals surface area contributed by atoms with Crippen molar-refractivity contribution >= 4 is 16.7 Å². The molecule has 112 valence electrons. The van der Waals surface area contributed by atoms with Gasteiger partial charge in [0.1, 0.15) is 12.4 Å². The molecule has 5 heteroatoms. The van der Waals surface area contributed by atoms with Crippen molar-refractivity contribution in [1.82, 2.24) is 0 Å². The maximum atomic E-state index is 12.1. The highest BCUT2D eigenvalue weighted by atomic mass is 16.5. The minimum absolute atomic E-state index is 0.330. The van der Waals surface area contributed by atoms with Gasteiger partial charge >= 0.3 is 11.6 Å². The first-order valence-electron chi connectivity index (χ1n) is 6.95. The molecule has 0 bridgehead atoms.